The zero-order valence-electron chi connectivity index (χ0n) is 14.6. The summed E-state index contributed by atoms with van der Waals surface area (Å²) in [5.41, 5.74) is 0.185. The van der Waals surface area contributed by atoms with Crippen LogP contribution in [0, 0.1) is 0 Å². The third-order valence-electron chi connectivity index (χ3n) is 3.81. The quantitative estimate of drug-likeness (QED) is 0.820. The number of benzene rings is 1. The maximum atomic E-state index is 11.8. The first-order valence-electron chi connectivity index (χ1n) is 7.69. The lowest BCUT2D eigenvalue weighted by atomic mass is 9.79. The molecule has 1 N–H and O–H groups in total. The van der Waals surface area contributed by atoms with Crippen LogP contribution in [-0.2, 0) is 9.31 Å². The maximum Gasteiger partial charge on any atom is 0.494 e. The Bertz CT molecular complexity index is 554. The third kappa shape index (κ3) is 2.53. The number of rotatable bonds is 2. The van der Waals surface area contributed by atoms with Gasteiger partial charge in [0.25, 0.3) is 5.91 Å². The Morgan fingerprint density at radius 2 is 1.68 bits per heavy atom. The van der Waals surface area contributed by atoms with E-state index in [1.54, 1.807) is 24.3 Å². The van der Waals surface area contributed by atoms with Gasteiger partial charge in [-0.2, -0.15) is 0 Å². The molecule has 0 atom stereocenters. The minimum absolute atomic E-state index is 0.274. The molecule has 5 heteroatoms. The molecule has 0 aromatic heterocycles. The van der Waals surface area contributed by atoms with E-state index in [1.165, 1.54) is 0 Å². The number of carbonyl (C=O) groups excluding carboxylic acids is 1. The molecule has 0 bridgehead atoms. The molecule has 102 valence electrons. The topological polar surface area (TPSA) is 47.6 Å². The Balaban J connectivity index is 2.12. The molecule has 2 rings (SSSR count). The van der Waals surface area contributed by atoms with E-state index in [-0.39, 0.29) is 5.56 Å². The molecule has 1 aliphatic rings. The summed E-state index contributed by atoms with van der Waals surface area (Å²) >= 11 is 0. The highest BCUT2D eigenvalue weighted by atomic mass is 16.7. The summed E-state index contributed by atoms with van der Waals surface area (Å²) in [5.74, 6) is -0.638. The highest BCUT2D eigenvalue weighted by Gasteiger charge is 2.51. The van der Waals surface area contributed by atoms with Crippen molar-refractivity contribution in [1.29, 1.82) is 0 Å². The van der Waals surface area contributed by atoms with Gasteiger partial charge in [0.1, 0.15) is 0 Å². The van der Waals surface area contributed by atoms with E-state index in [1.807, 2.05) is 33.0 Å². The molecule has 0 saturated carbocycles. The van der Waals surface area contributed by atoms with E-state index in [2.05, 4.69) is 0 Å². The predicted octanol–water partition coefficient (Wildman–Crippen LogP) is 1.35. The van der Waals surface area contributed by atoms with Crippen molar-refractivity contribution >= 4 is 18.5 Å². The van der Waals surface area contributed by atoms with E-state index in [0.717, 1.165) is 5.46 Å². The van der Waals surface area contributed by atoms with Crippen LogP contribution in [0.3, 0.4) is 0 Å². The van der Waals surface area contributed by atoms with Crippen molar-refractivity contribution in [1.82, 2.24) is 5.32 Å². The van der Waals surface area contributed by atoms with Crippen LogP contribution in [0.25, 0.3) is 0 Å². The summed E-state index contributed by atoms with van der Waals surface area (Å²) in [6, 6.07) is 6.52. The van der Waals surface area contributed by atoms with Crippen LogP contribution in [0.15, 0.2) is 24.3 Å². The number of hydrogen-bond acceptors (Lipinski definition) is 3. The molecule has 0 spiro atoms. The summed E-state index contributed by atoms with van der Waals surface area (Å²) in [5, 5.41) is 1.95. The summed E-state index contributed by atoms with van der Waals surface area (Å²) in [4.78, 5) is 11.8. The molecule has 1 aromatic rings. The van der Waals surface area contributed by atoms with Crippen LogP contribution in [0.2, 0.25) is 0 Å². The molecule has 1 fully saturated rings. The van der Waals surface area contributed by atoms with E-state index < -0.39 is 31.2 Å². The molecule has 19 heavy (non-hydrogen) atoms. The van der Waals surface area contributed by atoms with Crippen LogP contribution in [0.5, 0.6) is 0 Å². The van der Waals surface area contributed by atoms with Gasteiger partial charge in [-0.05, 0) is 45.3 Å². The Morgan fingerprint density at radius 1 is 1.16 bits per heavy atom. The number of hydrogen-bond donors (Lipinski definition) is 1. The Hall–Kier alpha value is -1.33. The minimum atomic E-state index is -2.50. The van der Waals surface area contributed by atoms with Gasteiger partial charge in [0.05, 0.1) is 11.2 Å². The van der Waals surface area contributed by atoms with E-state index in [4.69, 9.17) is 13.4 Å². The lowest BCUT2D eigenvalue weighted by molar-refractivity contribution is 0.00578. The molecule has 0 unspecified atom stereocenters. The SMILES string of the molecule is [2H]C([2H])([2H])NC(=O)c1ccc(B2OC(C)(C)C(C)(C)O2)cc1. The van der Waals surface area contributed by atoms with Crippen molar-refractivity contribution in [2.45, 2.75) is 38.9 Å². The van der Waals surface area contributed by atoms with E-state index in [0.29, 0.717) is 0 Å². The molecule has 0 aliphatic carbocycles. The molecular formula is C14H20BNO3. The molecular weight excluding hydrogens is 241 g/mol. The zero-order valence-corrected chi connectivity index (χ0v) is 11.6. The Morgan fingerprint density at radius 3 is 2.16 bits per heavy atom. The van der Waals surface area contributed by atoms with Gasteiger partial charge in [0.2, 0.25) is 0 Å². The first-order chi connectivity index (χ1) is 9.91. The monoisotopic (exact) mass is 264 g/mol. The number of carbonyl (C=O) groups is 1. The van der Waals surface area contributed by atoms with Gasteiger partial charge in [0, 0.05) is 16.7 Å². The normalized spacial score (nSPS) is 23.4. The largest absolute Gasteiger partial charge is 0.494 e. The van der Waals surface area contributed by atoms with Crippen molar-refractivity contribution in [2.75, 3.05) is 6.98 Å². The molecule has 4 nitrogen and oxygen atoms in total. The summed E-state index contributed by atoms with van der Waals surface area (Å²) in [6.45, 7) is 5.36. The fraction of sp³-hybridized carbons (Fsp3) is 0.500. The van der Waals surface area contributed by atoms with Crippen LogP contribution < -0.4 is 10.8 Å². The van der Waals surface area contributed by atoms with Crippen molar-refractivity contribution in [2.24, 2.45) is 0 Å². The molecule has 1 heterocycles. The second-order valence-corrected chi connectivity index (χ2v) is 5.66. The molecule has 1 aliphatic heterocycles. The fourth-order valence-electron chi connectivity index (χ4n) is 1.84. The van der Waals surface area contributed by atoms with Gasteiger partial charge < -0.3 is 14.6 Å². The van der Waals surface area contributed by atoms with Crippen molar-refractivity contribution < 1.29 is 18.2 Å². The molecule has 1 amide bonds. The second-order valence-electron chi connectivity index (χ2n) is 5.66. The first kappa shape index (κ1) is 10.5. The van der Waals surface area contributed by atoms with Gasteiger partial charge in [-0.25, -0.2) is 0 Å². The fourth-order valence-corrected chi connectivity index (χ4v) is 1.84. The molecule has 0 radical (unpaired) electrons. The van der Waals surface area contributed by atoms with Crippen LogP contribution in [0.1, 0.15) is 42.2 Å². The smallest absolute Gasteiger partial charge is 0.399 e. The summed E-state index contributed by atoms with van der Waals surface area (Å²) in [7, 11) is -0.510. The van der Waals surface area contributed by atoms with Gasteiger partial charge in [0.15, 0.2) is 0 Å². The highest BCUT2D eigenvalue weighted by Crippen LogP contribution is 2.36. The average Bonchev–Trinajstić information content (AvgIpc) is 2.56. The van der Waals surface area contributed by atoms with Gasteiger partial charge >= 0.3 is 7.12 Å². The highest BCUT2D eigenvalue weighted by molar-refractivity contribution is 6.62. The molecule has 1 aromatic carbocycles. The van der Waals surface area contributed by atoms with Crippen molar-refractivity contribution in [3.63, 3.8) is 0 Å². The standard InChI is InChI=1S/C14H20BNO3/c1-13(2)14(3,4)19-15(18-13)11-8-6-10(7-9-11)12(17)16-5/h6-9H,1-5H3,(H,16,17)/i5D3. The number of nitrogens with one attached hydrogen (secondary N) is 1. The predicted molar refractivity (Wildman–Crippen MR) is 75.5 cm³/mol. The molecule has 1 saturated heterocycles. The van der Waals surface area contributed by atoms with Gasteiger partial charge in [-0.1, -0.05) is 12.1 Å². The number of amides is 1. The Labute approximate surface area is 118 Å². The zero-order chi connectivity index (χ0) is 16.8. The summed E-state index contributed by atoms with van der Waals surface area (Å²) < 4.78 is 33.0. The first-order valence-corrected chi connectivity index (χ1v) is 6.19. The lowest BCUT2D eigenvalue weighted by Crippen LogP contribution is -2.41. The van der Waals surface area contributed by atoms with Crippen LogP contribution in [0.4, 0.5) is 0 Å². The average molecular weight is 264 g/mol. The maximum absolute atomic E-state index is 11.8. The van der Waals surface area contributed by atoms with Gasteiger partial charge in [-0.3, -0.25) is 4.79 Å². The third-order valence-corrected chi connectivity index (χ3v) is 3.81. The minimum Gasteiger partial charge on any atom is -0.399 e. The van der Waals surface area contributed by atoms with Crippen LogP contribution in [-0.4, -0.2) is 31.2 Å². The Kier molecular flexibility index (Phi) is 2.56. The summed E-state index contributed by atoms with van der Waals surface area (Å²) in [6.07, 6.45) is 0. The van der Waals surface area contributed by atoms with Crippen LogP contribution >= 0.6 is 0 Å². The second kappa shape index (κ2) is 4.65. The van der Waals surface area contributed by atoms with E-state index >= 15 is 0 Å². The lowest BCUT2D eigenvalue weighted by Gasteiger charge is -2.32. The van der Waals surface area contributed by atoms with Crippen molar-refractivity contribution in [3.8, 4) is 0 Å². The van der Waals surface area contributed by atoms with Crippen molar-refractivity contribution in [3.05, 3.63) is 29.8 Å². The van der Waals surface area contributed by atoms with Gasteiger partial charge in [-0.15, -0.1) is 0 Å². The van der Waals surface area contributed by atoms with E-state index in [9.17, 15) is 4.79 Å².